The molecule has 0 spiro atoms. The zero-order valence-electron chi connectivity index (χ0n) is 18.4. The van der Waals surface area contributed by atoms with Gasteiger partial charge in [0.15, 0.2) is 0 Å². The number of rotatable bonds is 5. The molecule has 1 aliphatic heterocycles. The molecular weight excluding hydrogens is 427 g/mol. The van der Waals surface area contributed by atoms with E-state index in [9.17, 15) is 14.8 Å². The number of pyridine rings is 1. The van der Waals surface area contributed by atoms with E-state index in [-0.39, 0.29) is 5.91 Å². The van der Waals surface area contributed by atoms with E-state index in [4.69, 9.17) is 11.6 Å². The monoisotopic (exact) mass is 452 g/mol. The highest BCUT2D eigenvalue weighted by Gasteiger charge is 2.21. The Morgan fingerprint density at radius 1 is 1.25 bits per heavy atom. The van der Waals surface area contributed by atoms with Crippen LogP contribution in [0.1, 0.15) is 28.0 Å². The molecular formula is C23H26BClN4O3. The molecule has 2 N–H and O–H groups in total. The second kappa shape index (κ2) is 9.07. The molecule has 4 rings (SSSR count). The van der Waals surface area contributed by atoms with Crippen LogP contribution in [-0.2, 0) is 13.6 Å². The van der Waals surface area contributed by atoms with E-state index in [1.54, 1.807) is 32.4 Å². The van der Waals surface area contributed by atoms with Gasteiger partial charge in [-0.25, -0.2) is 4.98 Å². The highest BCUT2D eigenvalue weighted by atomic mass is 35.5. The molecule has 1 aromatic carbocycles. The molecule has 166 valence electrons. The van der Waals surface area contributed by atoms with Crippen molar-refractivity contribution < 1.29 is 14.8 Å². The number of hydrogen-bond donors (Lipinski definition) is 2. The van der Waals surface area contributed by atoms with Crippen molar-refractivity contribution in [1.29, 1.82) is 0 Å². The summed E-state index contributed by atoms with van der Waals surface area (Å²) in [5.41, 5.74) is 4.98. The van der Waals surface area contributed by atoms with Crippen LogP contribution in [0.2, 0.25) is 5.02 Å². The Morgan fingerprint density at radius 3 is 2.66 bits per heavy atom. The lowest BCUT2D eigenvalue weighted by atomic mass is 9.79. The van der Waals surface area contributed by atoms with Gasteiger partial charge in [-0.1, -0.05) is 23.7 Å². The molecule has 7 nitrogen and oxygen atoms in total. The van der Waals surface area contributed by atoms with Crippen molar-refractivity contribution in [3.8, 4) is 0 Å². The van der Waals surface area contributed by atoms with E-state index < -0.39 is 7.12 Å². The molecule has 0 saturated carbocycles. The van der Waals surface area contributed by atoms with Gasteiger partial charge in [0.25, 0.3) is 5.91 Å². The number of halogens is 1. The van der Waals surface area contributed by atoms with Crippen LogP contribution < -0.4 is 5.46 Å². The third kappa shape index (κ3) is 4.32. The van der Waals surface area contributed by atoms with Gasteiger partial charge in [0.2, 0.25) is 0 Å². The molecule has 0 atom stereocenters. The molecule has 0 radical (unpaired) electrons. The Labute approximate surface area is 192 Å². The topological polar surface area (TPSA) is 81.8 Å². The molecule has 0 aliphatic carbocycles. The van der Waals surface area contributed by atoms with Crippen molar-refractivity contribution in [3.63, 3.8) is 0 Å². The van der Waals surface area contributed by atoms with Gasteiger partial charge in [-0.2, -0.15) is 0 Å². The van der Waals surface area contributed by atoms with Crippen molar-refractivity contribution in [2.45, 2.75) is 13.0 Å². The number of benzene rings is 1. The van der Waals surface area contributed by atoms with Gasteiger partial charge in [0.1, 0.15) is 5.65 Å². The molecule has 32 heavy (non-hydrogen) atoms. The first-order valence-corrected chi connectivity index (χ1v) is 10.9. The molecule has 1 amide bonds. The summed E-state index contributed by atoms with van der Waals surface area (Å²) in [5.74, 6) is -0.0661. The quantitative estimate of drug-likeness (QED) is 0.578. The van der Waals surface area contributed by atoms with Crippen LogP contribution in [0.5, 0.6) is 0 Å². The maximum absolute atomic E-state index is 12.2. The summed E-state index contributed by atoms with van der Waals surface area (Å²) >= 11 is 6.51. The molecule has 2 aromatic heterocycles. The SMILES string of the molecule is CN(C)C(=O)c1ccc(C2=CCN(Cc3cc4c(B(O)O)ccnc4n3C)CC2)c(Cl)c1. The fourth-order valence-electron chi connectivity index (χ4n) is 4.16. The van der Waals surface area contributed by atoms with Gasteiger partial charge < -0.3 is 19.5 Å². The Hall–Kier alpha value is -2.65. The molecule has 0 bridgehead atoms. The summed E-state index contributed by atoms with van der Waals surface area (Å²) in [6.07, 6.45) is 4.63. The number of fused-ring (bicyclic) bond motifs is 1. The highest BCUT2D eigenvalue weighted by molar-refractivity contribution is 6.61. The number of hydrogen-bond acceptors (Lipinski definition) is 5. The predicted octanol–water partition coefficient (Wildman–Crippen LogP) is 1.90. The maximum atomic E-state index is 12.2. The van der Waals surface area contributed by atoms with Crippen molar-refractivity contribution in [2.75, 3.05) is 27.2 Å². The van der Waals surface area contributed by atoms with Crippen LogP contribution in [0, 0.1) is 0 Å². The Morgan fingerprint density at radius 2 is 2.03 bits per heavy atom. The zero-order chi connectivity index (χ0) is 23.0. The van der Waals surface area contributed by atoms with Gasteiger partial charge in [-0.15, -0.1) is 0 Å². The molecule has 0 saturated heterocycles. The Balaban J connectivity index is 1.50. The van der Waals surface area contributed by atoms with Crippen molar-refractivity contribution in [2.24, 2.45) is 7.05 Å². The largest absolute Gasteiger partial charge is 0.489 e. The van der Waals surface area contributed by atoms with Gasteiger partial charge >= 0.3 is 7.12 Å². The van der Waals surface area contributed by atoms with E-state index >= 15 is 0 Å². The minimum atomic E-state index is -1.53. The van der Waals surface area contributed by atoms with Crippen LogP contribution in [-0.4, -0.2) is 69.6 Å². The van der Waals surface area contributed by atoms with Crippen LogP contribution in [0.3, 0.4) is 0 Å². The first-order chi connectivity index (χ1) is 15.3. The lowest BCUT2D eigenvalue weighted by Gasteiger charge is -2.27. The number of nitrogens with zero attached hydrogens (tertiary/aromatic N) is 4. The van der Waals surface area contributed by atoms with Gasteiger partial charge in [0.05, 0.1) is 0 Å². The van der Waals surface area contributed by atoms with Crippen molar-refractivity contribution in [3.05, 3.63) is 64.4 Å². The van der Waals surface area contributed by atoms with E-state index in [0.29, 0.717) is 16.0 Å². The number of aromatic nitrogens is 2. The van der Waals surface area contributed by atoms with Gasteiger partial charge in [-0.3, -0.25) is 9.69 Å². The first kappa shape index (κ1) is 22.5. The molecule has 9 heteroatoms. The molecule has 3 heterocycles. The third-order valence-electron chi connectivity index (χ3n) is 5.99. The molecule has 0 fully saturated rings. The number of carbonyl (C=O) groups excluding carboxylic acids is 1. The fraction of sp³-hybridized carbons (Fsp3) is 0.304. The van der Waals surface area contributed by atoms with Crippen LogP contribution in [0.25, 0.3) is 16.6 Å². The van der Waals surface area contributed by atoms with Gasteiger partial charge in [-0.05, 0) is 47.3 Å². The Bertz CT molecular complexity index is 1210. The van der Waals surface area contributed by atoms with Crippen molar-refractivity contribution >= 4 is 46.7 Å². The predicted molar refractivity (Wildman–Crippen MR) is 128 cm³/mol. The lowest BCUT2D eigenvalue weighted by Crippen LogP contribution is -2.30. The summed E-state index contributed by atoms with van der Waals surface area (Å²) < 4.78 is 2.00. The average Bonchev–Trinajstić information content (AvgIpc) is 3.09. The number of aryl methyl sites for hydroxylation is 1. The van der Waals surface area contributed by atoms with Crippen LogP contribution in [0.15, 0.2) is 42.6 Å². The van der Waals surface area contributed by atoms with Gasteiger partial charge in [0, 0.05) is 68.6 Å². The second-order valence-corrected chi connectivity index (χ2v) is 8.72. The Kier molecular flexibility index (Phi) is 6.39. The summed E-state index contributed by atoms with van der Waals surface area (Å²) in [4.78, 5) is 20.4. The zero-order valence-corrected chi connectivity index (χ0v) is 19.2. The summed E-state index contributed by atoms with van der Waals surface area (Å²) in [5, 5.41) is 20.6. The summed E-state index contributed by atoms with van der Waals surface area (Å²) in [6, 6.07) is 9.11. The average molecular weight is 453 g/mol. The minimum absolute atomic E-state index is 0.0661. The standard InChI is InChI=1S/C23H26BClN4O3/c1-27(2)23(30)16-4-5-18(21(25)12-16)15-7-10-29(11-8-15)14-17-13-19-20(24(31)32)6-9-26-22(19)28(17)3/h4-7,9,12-13,31-32H,8,10-11,14H2,1-3H3. The molecule has 3 aromatic rings. The number of amides is 1. The molecule has 1 aliphatic rings. The van der Waals surface area contributed by atoms with E-state index in [1.807, 2.05) is 29.8 Å². The number of carbonyl (C=O) groups is 1. The minimum Gasteiger partial charge on any atom is -0.423 e. The maximum Gasteiger partial charge on any atom is 0.489 e. The van der Waals surface area contributed by atoms with Crippen LogP contribution in [0.4, 0.5) is 0 Å². The third-order valence-corrected chi connectivity index (χ3v) is 6.30. The van der Waals surface area contributed by atoms with E-state index in [0.717, 1.165) is 48.3 Å². The van der Waals surface area contributed by atoms with Crippen LogP contribution >= 0.6 is 11.6 Å². The van der Waals surface area contributed by atoms with Crippen molar-refractivity contribution in [1.82, 2.24) is 19.4 Å². The van der Waals surface area contributed by atoms with E-state index in [1.165, 1.54) is 10.5 Å². The summed E-state index contributed by atoms with van der Waals surface area (Å²) in [6.45, 7) is 2.36. The highest BCUT2D eigenvalue weighted by Crippen LogP contribution is 2.30. The molecule has 0 unspecified atom stereocenters. The fourth-order valence-corrected chi connectivity index (χ4v) is 4.47. The normalized spacial score (nSPS) is 14.5. The lowest BCUT2D eigenvalue weighted by molar-refractivity contribution is 0.0827. The van der Waals surface area contributed by atoms with E-state index in [2.05, 4.69) is 16.0 Å². The first-order valence-electron chi connectivity index (χ1n) is 10.5. The second-order valence-electron chi connectivity index (χ2n) is 8.31. The summed E-state index contributed by atoms with van der Waals surface area (Å²) in [7, 11) is 3.86. The smallest absolute Gasteiger partial charge is 0.423 e.